The Bertz CT molecular complexity index is 335. The zero-order valence-corrected chi connectivity index (χ0v) is 11.6. The van der Waals surface area contributed by atoms with Gasteiger partial charge < -0.3 is 26.6 Å². The third-order valence-electron chi connectivity index (χ3n) is 3.85. The van der Waals surface area contributed by atoms with Crippen LogP contribution in [0.5, 0.6) is 0 Å². The van der Waals surface area contributed by atoms with Gasteiger partial charge in [-0.2, -0.15) is 0 Å². The average molecular weight is 295 g/mol. The minimum atomic E-state index is -1.91. The standard InChI is InChI=1S/C12H23F2N3O3/c1-5-7(16)3-8(9(14)11(5)20-2)17-12(19)10(18)6(13)4-15/h5-11,18H,3-4,15-16H2,1-2H3,(H,17,19)/t5-,6?,7+,8-,9?,10?,11+/m1/s1. The summed E-state index contributed by atoms with van der Waals surface area (Å²) in [4.78, 5) is 11.6. The van der Waals surface area contributed by atoms with Crippen LogP contribution in [0.1, 0.15) is 13.3 Å². The Kier molecular flexibility index (Phi) is 6.25. The van der Waals surface area contributed by atoms with Crippen LogP contribution in [0, 0.1) is 5.92 Å². The molecule has 1 saturated carbocycles. The molecule has 0 aliphatic heterocycles. The lowest BCUT2D eigenvalue weighted by atomic mass is 9.79. The number of rotatable bonds is 5. The van der Waals surface area contributed by atoms with E-state index in [4.69, 9.17) is 16.2 Å². The summed E-state index contributed by atoms with van der Waals surface area (Å²) >= 11 is 0. The van der Waals surface area contributed by atoms with E-state index in [0.29, 0.717) is 0 Å². The minimum Gasteiger partial charge on any atom is -0.380 e. The zero-order valence-electron chi connectivity index (χ0n) is 11.6. The highest BCUT2D eigenvalue weighted by Gasteiger charge is 2.43. The highest BCUT2D eigenvalue weighted by molar-refractivity contribution is 5.81. The van der Waals surface area contributed by atoms with Gasteiger partial charge in [-0.05, 0) is 6.42 Å². The fourth-order valence-electron chi connectivity index (χ4n) is 2.44. The molecule has 1 rings (SSSR count). The molecule has 20 heavy (non-hydrogen) atoms. The molecule has 0 bridgehead atoms. The van der Waals surface area contributed by atoms with Gasteiger partial charge in [0.2, 0.25) is 0 Å². The molecule has 6 nitrogen and oxygen atoms in total. The van der Waals surface area contributed by atoms with Crippen LogP contribution in [0.25, 0.3) is 0 Å². The number of hydrogen-bond acceptors (Lipinski definition) is 5. The van der Waals surface area contributed by atoms with Gasteiger partial charge in [0.05, 0.1) is 12.1 Å². The fraction of sp³-hybridized carbons (Fsp3) is 0.917. The first-order chi connectivity index (χ1) is 9.33. The molecule has 1 aliphatic rings. The molecule has 0 aromatic heterocycles. The predicted octanol–water partition coefficient (Wildman–Crippen LogP) is -1.15. The van der Waals surface area contributed by atoms with E-state index in [-0.39, 0.29) is 18.4 Å². The van der Waals surface area contributed by atoms with E-state index in [9.17, 15) is 18.7 Å². The van der Waals surface area contributed by atoms with Crippen molar-refractivity contribution in [1.29, 1.82) is 0 Å². The molecule has 8 heteroatoms. The largest absolute Gasteiger partial charge is 0.380 e. The first-order valence-electron chi connectivity index (χ1n) is 6.58. The summed E-state index contributed by atoms with van der Waals surface area (Å²) in [7, 11) is 1.37. The second-order valence-corrected chi connectivity index (χ2v) is 5.22. The normalized spacial score (nSPS) is 37.2. The summed E-state index contributed by atoms with van der Waals surface area (Å²) in [5.74, 6) is -1.20. The summed E-state index contributed by atoms with van der Waals surface area (Å²) in [5, 5.41) is 11.7. The Morgan fingerprint density at radius 3 is 2.70 bits per heavy atom. The van der Waals surface area contributed by atoms with Crippen molar-refractivity contribution in [3.63, 3.8) is 0 Å². The summed E-state index contributed by atoms with van der Waals surface area (Å²) < 4.78 is 32.4. The van der Waals surface area contributed by atoms with Crippen molar-refractivity contribution < 1.29 is 23.4 Å². The third kappa shape index (κ3) is 3.63. The fourth-order valence-corrected chi connectivity index (χ4v) is 2.44. The first-order valence-corrected chi connectivity index (χ1v) is 6.58. The molecule has 118 valence electrons. The van der Waals surface area contributed by atoms with Crippen LogP contribution in [0.4, 0.5) is 8.78 Å². The predicted molar refractivity (Wildman–Crippen MR) is 69.3 cm³/mol. The van der Waals surface area contributed by atoms with Gasteiger partial charge in [0.15, 0.2) is 6.10 Å². The van der Waals surface area contributed by atoms with Gasteiger partial charge in [-0.15, -0.1) is 0 Å². The number of aliphatic hydroxyl groups is 1. The van der Waals surface area contributed by atoms with Crippen LogP contribution in [0.15, 0.2) is 0 Å². The van der Waals surface area contributed by atoms with E-state index < -0.39 is 43.0 Å². The maximum Gasteiger partial charge on any atom is 0.252 e. The molecule has 0 aromatic carbocycles. The zero-order chi connectivity index (χ0) is 15.4. The molecule has 1 aliphatic carbocycles. The van der Waals surface area contributed by atoms with Gasteiger partial charge in [-0.1, -0.05) is 6.92 Å². The number of nitrogens with two attached hydrogens (primary N) is 2. The van der Waals surface area contributed by atoms with Crippen LogP contribution >= 0.6 is 0 Å². The van der Waals surface area contributed by atoms with Crippen LogP contribution in [-0.2, 0) is 9.53 Å². The minimum absolute atomic E-state index is 0.195. The molecule has 1 amide bonds. The SMILES string of the molecule is CO[C@@H]1C(F)[C@H](NC(=O)C(O)C(F)CN)C[C@H](N)[C@H]1C. The Morgan fingerprint density at radius 2 is 2.20 bits per heavy atom. The van der Waals surface area contributed by atoms with Crippen molar-refractivity contribution in [2.24, 2.45) is 17.4 Å². The molecule has 0 saturated heterocycles. The molecule has 0 spiro atoms. The topological polar surface area (TPSA) is 111 Å². The lowest BCUT2D eigenvalue weighted by Gasteiger charge is -2.40. The maximum absolute atomic E-state index is 14.2. The van der Waals surface area contributed by atoms with Crippen molar-refractivity contribution in [3.8, 4) is 0 Å². The summed E-state index contributed by atoms with van der Waals surface area (Å²) in [6, 6.07) is -1.27. The van der Waals surface area contributed by atoms with Gasteiger partial charge >= 0.3 is 0 Å². The van der Waals surface area contributed by atoms with E-state index in [1.165, 1.54) is 7.11 Å². The van der Waals surface area contributed by atoms with Gasteiger partial charge in [-0.3, -0.25) is 4.79 Å². The molecule has 0 aromatic rings. The maximum atomic E-state index is 14.2. The first kappa shape index (κ1) is 17.2. The number of hydrogen-bond donors (Lipinski definition) is 4. The van der Waals surface area contributed by atoms with Gasteiger partial charge in [-0.25, -0.2) is 8.78 Å². The number of carbonyl (C=O) groups is 1. The molecular weight excluding hydrogens is 272 g/mol. The van der Waals surface area contributed by atoms with Crippen molar-refractivity contribution in [3.05, 3.63) is 0 Å². The van der Waals surface area contributed by atoms with Gasteiger partial charge in [0.1, 0.15) is 12.3 Å². The van der Waals surface area contributed by atoms with Gasteiger partial charge in [0, 0.05) is 25.6 Å². The van der Waals surface area contributed by atoms with E-state index in [2.05, 4.69) is 5.32 Å². The third-order valence-corrected chi connectivity index (χ3v) is 3.85. The monoisotopic (exact) mass is 295 g/mol. The Balaban J connectivity index is 2.69. The van der Waals surface area contributed by atoms with E-state index in [0.717, 1.165) is 0 Å². The Labute approximate surface area is 116 Å². The van der Waals surface area contributed by atoms with E-state index in [1.54, 1.807) is 6.92 Å². The molecule has 6 N–H and O–H groups in total. The average Bonchev–Trinajstić information content (AvgIpc) is 2.43. The Morgan fingerprint density at radius 1 is 1.60 bits per heavy atom. The van der Waals surface area contributed by atoms with Crippen LogP contribution in [0.2, 0.25) is 0 Å². The van der Waals surface area contributed by atoms with Crippen molar-refractivity contribution >= 4 is 5.91 Å². The van der Waals surface area contributed by atoms with Gasteiger partial charge in [0.25, 0.3) is 5.91 Å². The molecule has 0 radical (unpaired) electrons. The molecule has 3 unspecified atom stereocenters. The van der Waals surface area contributed by atoms with Crippen molar-refractivity contribution in [2.45, 2.75) is 50.0 Å². The van der Waals surface area contributed by atoms with Crippen molar-refractivity contribution in [2.75, 3.05) is 13.7 Å². The number of halogens is 2. The highest BCUT2D eigenvalue weighted by atomic mass is 19.1. The number of carbonyl (C=O) groups excluding carboxylic acids is 1. The summed E-state index contributed by atoms with van der Waals surface area (Å²) in [6.07, 6.45) is -5.83. The number of nitrogens with one attached hydrogen (secondary N) is 1. The van der Waals surface area contributed by atoms with E-state index >= 15 is 0 Å². The Hall–Kier alpha value is -0.830. The number of aliphatic hydroxyl groups excluding tert-OH is 1. The highest BCUT2D eigenvalue weighted by Crippen LogP contribution is 2.28. The number of amides is 1. The summed E-state index contributed by atoms with van der Waals surface area (Å²) in [5.41, 5.74) is 10.9. The lowest BCUT2D eigenvalue weighted by Crippen LogP contribution is -2.60. The molecule has 0 heterocycles. The molecular formula is C12H23F2N3O3. The van der Waals surface area contributed by atoms with Crippen LogP contribution < -0.4 is 16.8 Å². The smallest absolute Gasteiger partial charge is 0.252 e. The number of ether oxygens (including phenoxy) is 1. The lowest BCUT2D eigenvalue weighted by molar-refractivity contribution is -0.135. The molecule has 1 fully saturated rings. The second kappa shape index (κ2) is 7.26. The van der Waals surface area contributed by atoms with Crippen molar-refractivity contribution in [1.82, 2.24) is 5.32 Å². The second-order valence-electron chi connectivity index (χ2n) is 5.22. The van der Waals surface area contributed by atoms with E-state index in [1.807, 2.05) is 0 Å². The number of alkyl halides is 2. The van der Waals surface area contributed by atoms with Crippen LogP contribution in [-0.4, -0.2) is 61.3 Å². The molecule has 7 atom stereocenters. The number of methoxy groups -OCH3 is 1. The quantitative estimate of drug-likeness (QED) is 0.512. The summed E-state index contributed by atoms with van der Waals surface area (Å²) in [6.45, 7) is 1.28. The van der Waals surface area contributed by atoms with Crippen LogP contribution in [0.3, 0.4) is 0 Å².